The lowest BCUT2D eigenvalue weighted by molar-refractivity contribution is 0.486. The molecule has 1 heterocycles. The highest BCUT2D eigenvalue weighted by Gasteiger charge is 2.18. The summed E-state index contributed by atoms with van der Waals surface area (Å²) in [6, 6.07) is 6.72. The second-order valence-electron chi connectivity index (χ2n) is 5.51. The molecule has 1 atom stereocenters. The maximum Gasteiger partial charge on any atom is 0.213 e. The van der Waals surface area contributed by atoms with Gasteiger partial charge in [0.1, 0.15) is 5.82 Å². The zero-order valence-corrected chi connectivity index (χ0v) is 12.8. The van der Waals surface area contributed by atoms with E-state index >= 15 is 0 Å². The molecule has 1 unspecified atom stereocenters. The number of aromatic nitrogens is 3. The Hall–Kier alpha value is -1.42. The molecule has 1 aromatic carbocycles. The van der Waals surface area contributed by atoms with E-state index in [9.17, 15) is 0 Å². The van der Waals surface area contributed by atoms with Crippen LogP contribution in [0.25, 0.3) is 0 Å². The topological polar surface area (TPSA) is 44.5 Å². The van der Waals surface area contributed by atoms with Gasteiger partial charge in [0.15, 0.2) is 0 Å². The molecule has 0 amide bonds. The van der Waals surface area contributed by atoms with Crippen molar-refractivity contribution in [3.63, 3.8) is 0 Å². The zero-order chi connectivity index (χ0) is 14.0. The van der Waals surface area contributed by atoms with Gasteiger partial charge >= 0.3 is 0 Å². The number of nitrogens with one attached hydrogen (secondary N) is 2. The van der Waals surface area contributed by atoms with Crippen molar-refractivity contribution in [1.29, 1.82) is 0 Å². The minimum atomic E-state index is 0.452. The molecular weight excluding hydrogens is 254 g/mol. The van der Waals surface area contributed by atoms with E-state index in [1.165, 1.54) is 16.7 Å². The Morgan fingerprint density at radius 3 is 2.42 bits per heavy atom. The van der Waals surface area contributed by atoms with E-state index in [1.807, 2.05) is 0 Å². The van der Waals surface area contributed by atoms with Crippen LogP contribution < -0.4 is 0 Å². The maximum atomic E-state index is 5.01. The summed E-state index contributed by atoms with van der Waals surface area (Å²) in [5.74, 6) is 1.94. The third kappa shape index (κ3) is 3.32. The van der Waals surface area contributed by atoms with Crippen molar-refractivity contribution < 1.29 is 0 Å². The number of rotatable bonds is 4. The number of hydrogen-bond acceptors (Lipinski definition) is 2. The summed E-state index contributed by atoms with van der Waals surface area (Å²) in [4.78, 5) is 4.30. The fraction of sp³-hybridized carbons (Fsp3) is 0.467. The van der Waals surface area contributed by atoms with Crippen LogP contribution in [0, 0.1) is 24.5 Å². The van der Waals surface area contributed by atoms with E-state index < -0.39 is 0 Å². The van der Waals surface area contributed by atoms with Crippen molar-refractivity contribution in [2.75, 3.05) is 0 Å². The van der Waals surface area contributed by atoms with Crippen LogP contribution >= 0.6 is 12.2 Å². The molecule has 4 heteroatoms. The van der Waals surface area contributed by atoms with Crippen LogP contribution in [0.15, 0.2) is 18.2 Å². The standard InChI is InChI=1S/C15H21N3S/c1-9(2)13(8-14-16-15(19)18-17-14)12-6-5-10(3)11(4)7-12/h5-7,9,13H,8H2,1-4H3,(H2,16,17,18,19). The van der Waals surface area contributed by atoms with E-state index in [-0.39, 0.29) is 0 Å². The van der Waals surface area contributed by atoms with Gasteiger partial charge in [0.2, 0.25) is 4.77 Å². The summed E-state index contributed by atoms with van der Waals surface area (Å²) in [6.07, 6.45) is 0.882. The number of benzene rings is 1. The average molecular weight is 275 g/mol. The van der Waals surface area contributed by atoms with Crippen LogP contribution in [0.1, 0.15) is 42.3 Å². The molecule has 2 N–H and O–H groups in total. The molecule has 2 rings (SSSR count). The van der Waals surface area contributed by atoms with Crippen molar-refractivity contribution in [3.8, 4) is 0 Å². The number of aromatic amines is 2. The van der Waals surface area contributed by atoms with Crippen molar-refractivity contribution in [2.45, 2.75) is 40.0 Å². The monoisotopic (exact) mass is 275 g/mol. The van der Waals surface area contributed by atoms with Gasteiger partial charge in [0.25, 0.3) is 0 Å². The Balaban J connectivity index is 2.29. The van der Waals surface area contributed by atoms with Crippen molar-refractivity contribution >= 4 is 12.2 Å². The fourth-order valence-corrected chi connectivity index (χ4v) is 2.50. The second kappa shape index (κ2) is 5.70. The summed E-state index contributed by atoms with van der Waals surface area (Å²) in [5.41, 5.74) is 4.06. The van der Waals surface area contributed by atoms with Crippen LogP contribution in [-0.4, -0.2) is 15.2 Å². The van der Waals surface area contributed by atoms with Crippen LogP contribution in [0.3, 0.4) is 0 Å². The summed E-state index contributed by atoms with van der Waals surface area (Å²) < 4.78 is 0.526. The van der Waals surface area contributed by atoms with Crippen LogP contribution in [0.4, 0.5) is 0 Å². The smallest absolute Gasteiger partial charge is 0.213 e. The molecule has 0 aliphatic heterocycles. The normalized spacial score (nSPS) is 12.9. The zero-order valence-electron chi connectivity index (χ0n) is 11.9. The Morgan fingerprint density at radius 2 is 1.89 bits per heavy atom. The molecule has 102 valence electrons. The van der Waals surface area contributed by atoms with Gasteiger partial charge in [0, 0.05) is 6.42 Å². The van der Waals surface area contributed by atoms with Gasteiger partial charge in [-0.05, 0) is 54.6 Å². The summed E-state index contributed by atoms with van der Waals surface area (Å²) in [5, 5.41) is 5.91. The van der Waals surface area contributed by atoms with E-state index in [0.717, 1.165) is 12.2 Å². The van der Waals surface area contributed by atoms with E-state index in [2.05, 4.69) is 61.1 Å². The van der Waals surface area contributed by atoms with Crippen LogP contribution in [-0.2, 0) is 6.42 Å². The van der Waals surface area contributed by atoms with Gasteiger partial charge in [-0.15, -0.1) is 0 Å². The van der Waals surface area contributed by atoms with Crippen LogP contribution in [0.5, 0.6) is 0 Å². The lowest BCUT2D eigenvalue weighted by atomic mass is 9.84. The number of H-pyrrole nitrogens is 2. The van der Waals surface area contributed by atoms with Crippen molar-refractivity contribution in [3.05, 3.63) is 45.5 Å². The first-order chi connectivity index (χ1) is 8.97. The van der Waals surface area contributed by atoms with E-state index in [4.69, 9.17) is 12.2 Å². The minimum absolute atomic E-state index is 0.452. The molecule has 0 aliphatic rings. The molecule has 1 aromatic heterocycles. The van der Waals surface area contributed by atoms with E-state index in [0.29, 0.717) is 16.6 Å². The molecule has 0 saturated carbocycles. The molecule has 0 radical (unpaired) electrons. The molecule has 0 bridgehead atoms. The summed E-state index contributed by atoms with van der Waals surface area (Å²) in [7, 11) is 0. The van der Waals surface area contributed by atoms with E-state index in [1.54, 1.807) is 0 Å². The average Bonchev–Trinajstić information content (AvgIpc) is 2.75. The highest BCUT2D eigenvalue weighted by atomic mass is 32.1. The fourth-order valence-electron chi connectivity index (χ4n) is 2.34. The van der Waals surface area contributed by atoms with Gasteiger partial charge in [-0.1, -0.05) is 32.0 Å². The second-order valence-corrected chi connectivity index (χ2v) is 5.90. The summed E-state index contributed by atoms with van der Waals surface area (Å²) in [6.45, 7) is 8.81. The highest BCUT2D eigenvalue weighted by molar-refractivity contribution is 7.71. The lowest BCUT2D eigenvalue weighted by Gasteiger charge is -2.21. The quantitative estimate of drug-likeness (QED) is 0.826. The predicted octanol–water partition coefficient (Wildman–Crippen LogP) is 4.07. The summed E-state index contributed by atoms with van der Waals surface area (Å²) >= 11 is 5.01. The Bertz CT molecular complexity index is 610. The molecule has 0 saturated heterocycles. The maximum absolute atomic E-state index is 5.01. The Kier molecular flexibility index (Phi) is 4.20. The predicted molar refractivity (Wildman–Crippen MR) is 81.0 cm³/mol. The van der Waals surface area contributed by atoms with Gasteiger partial charge < -0.3 is 0 Å². The van der Waals surface area contributed by atoms with Crippen molar-refractivity contribution in [1.82, 2.24) is 15.2 Å². The third-order valence-electron chi connectivity index (χ3n) is 3.73. The highest BCUT2D eigenvalue weighted by Crippen LogP contribution is 2.28. The Labute approximate surface area is 119 Å². The largest absolute Gasteiger partial charge is 0.286 e. The number of hydrogen-bond donors (Lipinski definition) is 2. The Morgan fingerprint density at radius 1 is 1.16 bits per heavy atom. The SMILES string of the molecule is Cc1ccc(C(Cc2nc(=S)[nH][nH]2)C(C)C)cc1C. The van der Waals surface area contributed by atoms with Crippen molar-refractivity contribution in [2.24, 2.45) is 5.92 Å². The first-order valence-corrected chi connectivity index (χ1v) is 7.09. The van der Waals surface area contributed by atoms with Gasteiger partial charge in [-0.25, -0.2) is 4.98 Å². The molecule has 0 spiro atoms. The molecule has 3 nitrogen and oxygen atoms in total. The molecule has 0 aliphatic carbocycles. The molecule has 0 fully saturated rings. The molecule has 2 aromatic rings. The third-order valence-corrected chi connectivity index (χ3v) is 3.92. The first kappa shape index (κ1) is 14.0. The lowest BCUT2D eigenvalue weighted by Crippen LogP contribution is -2.11. The van der Waals surface area contributed by atoms with Gasteiger partial charge in [-0.3, -0.25) is 10.2 Å². The van der Waals surface area contributed by atoms with Gasteiger partial charge in [0.05, 0.1) is 0 Å². The number of nitrogens with zero attached hydrogens (tertiary/aromatic N) is 1. The minimum Gasteiger partial charge on any atom is -0.286 e. The van der Waals surface area contributed by atoms with Gasteiger partial charge in [-0.2, -0.15) is 0 Å². The van der Waals surface area contributed by atoms with Crippen LogP contribution in [0.2, 0.25) is 0 Å². The first-order valence-electron chi connectivity index (χ1n) is 6.68. The molecule has 19 heavy (non-hydrogen) atoms. The molecular formula is C15H21N3S. The number of aryl methyl sites for hydroxylation is 2.